The highest BCUT2D eigenvalue weighted by molar-refractivity contribution is 7.89. The van der Waals surface area contributed by atoms with E-state index in [4.69, 9.17) is 0 Å². The van der Waals surface area contributed by atoms with E-state index < -0.39 is 10.0 Å². The Morgan fingerprint density at radius 3 is 2.07 bits per heavy atom. The van der Waals surface area contributed by atoms with Crippen LogP contribution in [0, 0.1) is 0 Å². The Morgan fingerprint density at radius 2 is 1.43 bits per heavy atom. The number of hydrogen-bond acceptors (Lipinski definition) is 4. The van der Waals surface area contributed by atoms with Crippen molar-refractivity contribution in [3.05, 3.63) is 29.8 Å². The van der Waals surface area contributed by atoms with Gasteiger partial charge in [0, 0.05) is 37.8 Å². The van der Waals surface area contributed by atoms with Crippen molar-refractivity contribution in [2.24, 2.45) is 0 Å². The summed E-state index contributed by atoms with van der Waals surface area (Å²) in [6.07, 6.45) is 7.58. The fourth-order valence-corrected chi connectivity index (χ4v) is 6.23. The first-order valence-corrected chi connectivity index (χ1v) is 12.1. The van der Waals surface area contributed by atoms with Gasteiger partial charge in [0.2, 0.25) is 10.0 Å². The summed E-state index contributed by atoms with van der Waals surface area (Å²) in [5.74, 6) is 0.0143. The largest absolute Gasteiger partial charge is 0.337 e. The molecule has 0 aliphatic carbocycles. The fraction of sp³-hybridized carbons (Fsp3) is 0.667. The van der Waals surface area contributed by atoms with Crippen molar-refractivity contribution in [3.63, 3.8) is 0 Å². The van der Waals surface area contributed by atoms with Gasteiger partial charge in [-0.25, -0.2) is 8.42 Å². The van der Waals surface area contributed by atoms with Crippen LogP contribution in [-0.4, -0.2) is 73.7 Å². The molecular weight excluding hydrogens is 374 g/mol. The summed E-state index contributed by atoms with van der Waals surface area (Å²) in [6, 6.07) is 7.03. The zero-order valence-corrected chi connectivity index (χ0v) is 17.4. The molecule has 7 heteroatoms. The van der Waals surface area contributed by atoms with E-state index in [-0.39, 0.29) is 5.91 Å². The van der Waals surface area contributed by atoms with Gasteiger partial charge in [0.05, 0.1) is 4.90 Å². The molecule has 0 N–H and O–H groups in total. The Kier molecular flexibility index (Phi) is 6.04. The molecule has 6 nitrogen and oxygen atoms in total. The SMILES string of the molecule is O=C(c1ccc(S(=O)(=O)N2CCCCCC2)cc1)N1CCC(N2CCCC2)C1. The Hall–Kier alpha value is -1.44. The average Bonchev–Trinajstić information content (AvgIpc) is 3.34. The van der Waals surface area contributed by atoms with E-state index in [0.717, 1.165) is 58.3 Å². The average molecular weight is 406 g/mol. The van der Waals surface area contributed by atoms with Gasteiger partial charge < -0.3 is 4.90 Å². The summed E-state index contributed by atoms with van der Waals surface area (Å²) in [4.78, 5) is 17.6. The Morgan fingerprint density at radius 1 is 0.821 bits per heavy atom. The van der Waals surface area contributed by atoms with Gasteiger partial charge >= 0.3 is 0 Å². The van der Waals surface area contributed by atoms with Crippen LogP contribution in [-0.2, 0) is 10.0 Å². The summed E-state index contributed by atoms with van der Waals surface area (Å²) in [7, 11) is -3.46. The second-order valence-corrected chi connectivity index (χ2v) is 10.2. The number of carbonyl (C=O) groups excluding carboxylic acids is 1. The molecule has 4 rings (SSSR count). The molecule has 0 spiro atoms. The van der Waals surface area contributed by atoms with E-state index in [2.05, 4.69) is 4.90 Å². The molecule has 3 fully saturated rings. The maximum absolute atomic E-state index is 12.9. The monoisotopic (exact) mass is 405 g/mol. The first kappa shape index (κ1) is 19.9. The number of hydrogen-bond donors (Lipinski definition) is 0. The van der Waals surface area contributed by atoms with E-state index in [1.807, 2.05) is 4.90 Å². The first-order valence-electron chi connectivity index (χ1n) is 10.7. The number of rotatable bonds is 4. The third-order valence-corrected chi connectivity index (χ3v) is 8.32. The van der Waals surface area contributed by atoms with Crippen LogP contribution in [0.15, 0.2) is 29.2 Å². The number of likely N-dealkylation sites (tertiary alicyclic amines) is 2. The number of amides is 1. The van der Waals surface area contributed by atoms with Crippen molar-refractivity contribution in [1.29, 1.82) is 0 Å². The fourth-order valence-electron chi connectivity index (χ4n) is 4.71. The van der Waals surface area contributed by atoms with Crippen LogP contribution < -0.4 is 0 Å². The van der Waals surface area contributed by atoms with Gasteiger partial charge in [-0.1, -0.05) is 12.8 Å². The highest BCUT2D eigenvalue weighted by Gasteiger charge is 2.32. The Labute approximate surface area is 168 Å². The zero-order chi connectivity index (χ0) is 19.6. The molecule has 3 aliphatic rings. The zero-order valence-electron chi connectivity index (χ0n) is 16.6. The molecule has 3 saturated heterocycles. The van der Waals surface area contributed by atoms with Crippen molar-refractivity contribution < 1.29 is 13.2 Å². The molecule has 0 bridgehead atoms. The number of benzene rings is 1. The number of sulfonamides is 1. The smallest absolute Gasteiger partial charge is 0.253 e. The molecule has 1 atom stereocenters. The minimum Gasteiger partial charge on any atom is -0.337 e. The maximum Gasteiger partial charge on any atom is 0.253 e. The van der Waals surface area contributed by atoms with Crippen LogP contribution in [0.5, 0.6) is 0 Å². The summed E-state index contributed by atoms with van der Waals surface area (Å²) in [5, 5.41) is 0. The quantitative estimate of drug-likeness (QED) is 0.772. The molecule has 1 aromatic carbocycles. The van der Waals surface area contributed by atoms with Crippen molar-refractivity contribution in [1.82, 2.24) is 14.1 Å². The second kappa shape index (κ2) is 8.51. The summed E-state index contributed by atoms with van der Waals surface area (Å²) < 4.78 is 27.4. The van der Waals surface area contributed by atoms with Crippen LogP contribution in [0.25, 0.3) is 0 Å². The van der Waals surface area contributed by atoms with E-state index in [9.17, 15) is 13.2 Å². The van der Waals surface area contributed by atoms with Crippen LogP contribution in [0.3, 0.4) is 0 Å². The highest BCUT2D eigenvalue weighted by Crippen LogP contribution is 2.24. The standard InChI is InChI=1S/C21H31N3O3S/c25-21(23-16-11-19(17-23)22-12-5-6-13-22)18-7-9-20(10-8-18)28(26,27)24-14-3-1-2-4-15-24/h7-10,19H,1-6,11-17H2. The highest BCUT2D eigenvalue weighted by atomic mass is 32.2. The lowest BCUT2D eigenvalue weighted by Gasteiger charge is -2.23. The third kappa shape index (κ3) is 4.11. The molecular formula is C21H31N3O3S. The van der Waals surface area contributed by atoms with E-state index in [0.29, 0.717) is 29.6 Å². The predicted octanol–water partition coefficient (Wildman–Crippen LogP) is 2.56. The first-order chi connectivity index (χ1) is 13.6. The van der Waals surface area contributed by atoms with Crippen molar-refractivity contribution in [2.75, 3.05) is 39.3 Å². The number of carbonyl (C=O) groups is 1. The lowest BCUT2D eigenvalue weighted by atomic mass is 10.2. The molecule has 154 valence electrons. The van der Waals surface area contributed by atoms with Gasteiger partial charge in [-0.05, 0) is 69.5 Å². The predicted molar refractivity (Wildman–Crippen MR) is 109 cm³/mol. The van der Waals surface area contributed by atoms with E-state index in [1.165, 1.54) is 12.8 Å². The van der Waals surface area contributed by atoms with Crippen LogP contribution in [0.1, 0.15) is 55.3 Å². The molecule has 3 aliphatic heterocycles. The molecule has 3 heterocycles. The third-order valence-electron chi connectivity index (χ3n) is 6.41. The molecule has 1 amide bonds. The molecule has 28 heavy (non-hydrogen) atoms. The van der Waals surface area contributed by atoms with Gasteiger partial charge in [-0.15, -0.1) is 0 Å². The summed E-state index contributed by atoms with van der Waals surface area (Å²) >= 11 is 0. The number of nitrogens with zero attached hydrogens (tertiary/aromatic N) is 3. The van der Waals surface area contributed by atoms with Crippen LogP contribution >= 0.6 is 0 Å². The van der Waals surface area contributed by atoms with Crippen molar-refractivity contribution >= 4 is 15.9 Å². The summed E-state index contributed by atoms with van der Waals surface area (Å²) in [6.45, 7) is 5.05. The maximum atomic E-state index is 12.9. The lowest BCUT2D eigenvalue weighted by Crippen LogP contribution is -2.37. The topological polar surface area (TPSA) is 60.9 Å². The summed E-state index contributed by atoms with van der Waals surface area (Å²) in [5.41, 5.74) is 0.580. The molecule has 0 radical (unpaired) electrons. The van der Waals surface area contributed by atoms with E-state index in [1.54, 1.807) is 28.6 Å². The van der Waals surface area contributed by atoms with Gasteiger partial charge in [-0.2, -0.15) is 4.31 Å². The van der Waals surface area contributed by atoms with Gasteiger partial charge in [0.15, 0.2) is 0 Å². The minimum absolute atomic E-state index is 0.0143. The van der Waals surface area contributed by atoms with E-state index >= 15 is 0 Å². The van der Waals surface area contributed by atoms with Crippen molar-refractivity contribution in [3.8, 4) is 0 Å². The lowest BCUT2D eigenvalue weighted by molar-refractivity contribution is 0.0780. The Bertz CT molecular complexity index is 780. The minimum atomic E-state index is -3.46. The molecule has 1 aromatic rings. The van der Waals surface area contributed by atoms with Gasteiger partial charge in [0.1, 0.15) is 0 Å². The second-order valence-electron chi connectivity index (χ2n) is 8.28. The van der Waals surface area contributed by atoms with Crippen molar-refractivity contribution in [2.45, 2.75) is 55.9 Å². The van der Waals surface area contributed by atoms with Gasteiger partial charge in [0.25, 0.3) is 5.91 Å². The molecule has 0 aromatic heterocycles. The van der Waals surface area contributed by atoms with Crippen LogP contribution in [0.4, 0.5) is 0 Å². The normalized spacial score (nSPS) is 25.1. The molecule has 0 saturated carbocycles. The molecule has 1 unspecified atom stereocenters. The Balaban J connectivity index is 1.42. The van der Waals surface area contributed by atoms with Gasteiger partial charge in [-0.3, -0.25) is 9.69 Å². The van der Waals surface area contributed by atoms with Crippen LogP contribution in [0.2, 0.25) is 0 Å².